The maximum Gasteiger partial charge on any atom is 0.170 e. The van der Waals surface area contributed by atoms with Crippen molar-refractivity contribution in [1.82, 2.24) is 0 Å². The van der Waals surface area contributed by atoms with Gasteiger partial charge in [-0.15, -0.1) is 0 Å². The number of aromatic hydroxyl groups is 1. The van der Waals surface area contributed by atoms with E-state index in [0.717, 1.165) is 0 Å². The second-order valence-electron chi connectivity index (χ2n) is 4.66. The number of para-hydroxylation sites is 1. The Morgan fingerprint density at radius 1 is 1.09 bits per heavy atom. The predicted octanol–water partition coefficient (Wildman–Crippen LogP) is 3.26. The van der Waals surface area contributed by atoms with Gasteiger partial charge in [-0.2, -0.15) is 0 Å². The molecule has 0 aliphatic heterocycles. The van der Waals surface area contributed by atoms with Crippen LogP contribution in [0.25, 0.3) is 6.08 Å². The van der Waals surface area contributed by atoms with Crippen molar-refractivity contribution in [2.75, 3.05) is 7.11 Å². The summed E-state index contributed by atoms with van der Waals surface area (Å²) >= 11 is 0. The molecule has 2 aromatic carbocycles. The highest BCUT2D eigenvalue weighted by Crippen LogP contribution is 2.30. The Labute approximate surface area is 128 Å². The second kappa shape index (κ2) is 7.22. The van der Waals surface area contributed by atoms with Crippen molar-refractivity contribution in [2.45, 2.75) is 6.42 Å². The van der Waals surface area contributed by atoms with E-state index in [1.54, 1.807) is 42.5 Å². The molecule has 4 nitrogen and oxygen atoms in total. The quantitative estimate of drug-likeness (QED) is 0.505. The van der Waals surface area contributed by atoms with Gasteiger partial charge in [0.05, 0.1) is 13.5 Å². The van der Waals surface area contributed by atoms with Crippen LogP contribution >= 0.6 is 0 Å². The van der Waals surface area contributed by atoms with Crippen LogP contribution in [-0.4, -0.2) is 23.8 Å². The average molecular weight is 296 g/mol. The molecule has 22 heavy (non-hydrogen) atoms. The van der Waals surface area contributed by atoms with Crippen molar-refractivity contribution in [2.24, 2.45) is 0 Å². The highest BCUT2D eigenvalue weighted by atomic mass is 16.5. The minimum absolute atomic E-state index is 0.0385. The molecule has 0 unspecified atom stereocenters. The fraction of sp³-hybridized carbons (Fsp3) is 0.111. The number of rotatable bonds is 6. The summed E-state index contributed by atoms with van der Waals surface area (Å²) in [6, 6.07) is 13.6. The summed E-state index contributed by atoms with van der Waals surface area (Å²) in [4.78, 5) is 23.8. The topological polar surface area (TPSA) is 63.6 Å². The molecular weight excluding hydrogens is 280 g/mol. The molecule has 1 N–H and O–H groups in total. The van der Waals surface area contributed by atoms with Crippen molar-refractivity contribution in [3.63, 3.8) is 0 Å². The number of phenols is 1. The van der Waals surface area contributed by atoms with Crippen LogP contribution in [0.3, 0.4) is 0 Å². The van der Waals surface area contributed by atoms with Crippen LogP contribution in [0.1, 0.15) is 22.3 Å². The smallest absolute Gasteiger partial charge is 0.170 e. The number of hydrogen-bond donors (Lipinski definition) is 1. The van der Waals surface area contributed by atoms with Crippen molar-refractivity contribution in [3.8, 4) is 11.5 Å². The number of carbonyl (C=O) groups excluding carboxylic acids is 2. The molecule has 0 fully saturated rings. The van der Waals surface area contributed by atoms with Crippen molar-refractivity contribution in [1.29, 1.82) is 0 Å². The van der Waals surface area contributed by atoms with Crippen LogP contribution in [0, 0.1) is 0 Å². The Balaban J connectivity index is 2.05. The molecule has 0 heterocycles. The average Bonchev–Trinajstić information content (AvgIpc) is 2.54. The van der Waals surface area contributed by atoms with Crippen molar-refractivity contribution < 1.29 is 19.4 Å². The van der Waals surface area contributed by atoms with Gasteiger partial charge in [0, 0.05) is 11.1 Å². The van der Waals surface area contributed by atoms with Crippen molar-refractivity contribution in [3.05, 3.63) is 65.7 Å². The summed E-state index contributed by atoms with van der Waals surface area (Å²) in [5.74, 6) is -0.264. The molecule has 0 aromatic heterocycles. The maximum absolute atomic E-state index is 11.9. The third kappa shape index (κ3) is 3.82. The van der Waals surface area contributed by atoms with E-state index < -0.39 is 0 Å². The van der Waals surface area contributed by atoms with Crippen LogP contribution in [0.5, 0.6) is 11.5 Å². The van der Waals surface area contributed by atoms with Gasteiger partial charge in [0.2, 0.25) is 0 Å². The monoisotopic (exact) mass is 296 g/mol. The summed E-state index contributed by atoms with van der Waals surface area (Å²) in [6.45, 7) is 0. The lowest BCUT2D eigenvalue weighted by molar-refractivity contribution is -0.113. The van der Waals surface area contributed by atoms with E-state index in [0.29, 0.717) is 16.9 Å². The summed E-state index contributed by atoms with van der Waals surface area (Å²) in [5.41, 5.74) is 0.966. The minimum atomic E-state index is -0.323. The number of allylic oxidation sites excluding steroid dienone is 1. The fourth-order valence-corrected chi connectivity index (χ4v) is 1.96. The zero-order chi connectivity index (χ0) is 15.9. The number of hydrogen-bond acceptors (Lipinski definition) is 4. The van der Waals surface area contributed by atoms with Crippen molar-refractivity contribution >= 4 is 17.6 Å². The second-order valence-corrected chi connectivity index (χ2v) is 4.66. The molecule has 2 rings (SSSR count). The lowest BCUT2D eigenvalue weighted by atomic mass is 10.1. The lowest BCUT2D eigenvalue weighted by Gasteiger charge is -2.05. The molecule has 0 saturated carbocycles. The lowest BCUT2D eigenvalue weighted by Crippen LogP contribution is -2.05. The maximum atomic E-state index is 11.9. The van der Waals surface area contributed by atoms with Gasteiger partial charge in [0.15, 0.2) is 23.1 Å². The van der Waals surface area contributed by atoms with Gasteiger partial charge in [-0.05, 0) is 18.2 Å². The molecule has 2 aromatic rings. The molecule has 112 valence electrons. The summed E-state index contributed by atoms with van der Waals surface area (Å²) in [7, 11) is 1.45. The summed E-state index contributed by atoms with van der Waals surface area (Å²) in [6.07, 6.45) is 2.55. The number of Topliss-reactive ketones (excluding diaryl/α,β-unsaturated/α-hetero) is 1. The Morgan fingerprint density at radius 2 is 1.82 bits per heavy atom. The van der Waals surface area contributed by atoms with Crippen LogP contribution in [0.2, 0.25) is 0 Å². The van der Waals surface area contributed by atoms with Gasteiger partial charge in [-0.1, -0.05) is 42.5 Å². The fourth-order valence-electron chi connectivity index (χ4n) is 1.96. The van der Waals surface area contributed by atoms with E-state index >= 15 is 0 Å². The zero-order valence-electron chi connectivity index (χ0n) is 12.2. The highest BCUT2D eigenvalue weighted by molar-refractivity contribution is 6.12. The van der Waals surface area contributed by atoms with E-state index in [1.165, 1.54) is 19.3 Å². The number of carbonyl (C=O) groups is 2. The first-order valence-electron chi connectivity index (χ1n) is 6.77. The Bertz CT molecular complexity index is 702. The zero-order valence-corrected chi connectivity index (χ0v) is 12.2. The van der Waals surface area contributed by atoms with Crippen LogP contribution in [0.15, 0.2) is 54.6 Å². The van der Waals surface area contributed by atoms with E-state index in [4.69, 9.17) is 4.74 Å². The number of methoxy groups -OCH3 is 1. The SMILES string of the molecule is COc1cccc(/C=C/C(=O)CC(=O)c2ccccc2)c1O. The largest absolute Gasteiger partial charge is 0.504 e. The van der Waals surface area contributed by atoms with Gasteiger partial charge in [-0.25, -0.2) is 0 Å². The summed E-state index contributed by atoms with van der Waals surface area (Å²) in [5, 5.41) is 9.91. The molecule has 0 atom stereocenters. The molecule has 0 amide bonds. The number of phenolic OH excluding ortho intramolecular Hbond substituents is 1. The summed E-state index contributed by atoms with van der Waals surface area (Å²) < 4.78 is 4.99. The minimum Gasteiger partial charge on any atom is -0.504 e. The van der Waals surface area contributed by atoms with E-state index in [-0.39, 0.29) is 23.7 Å². The van der Waals surface area contributed by atoms with Crippen LogP contribution < -0.4 is 4.74 Å². The Kier molecular flexibility index (Phi) is 5.09. The molecule has 4 heteroatoms. The van der Waals surface area contributed by atoms with E-state index in [1.807, 2.05) is 6.07 Å². The van der Waals surface area contributed by atoms with Gasteiger partial charge < -0.3 is 9.84 Å². The molecule has 0 aliphatic rings. The Hall–Kier alpha value is -2.88. The number of ketones is 2. The predicted molar refractivity (Wildman–Crippen MR) is 84.1 cm³/mol. The van der Waals surface area contributed by atoms with Gasteiger partial charge in [0.25, 0.3) is 0 Å². The number of benzene rings is 2. The molecule has 0 bridgehead atoms. The Morgan fingerprint density at radius 3 is 2.50 bits per heavy atom. The molecule has 0 aliphatic carbocycles. The first kappa shape index (κ1) is 15.5. The number of ether oxygens (including phenoxy) is 1. The standard InChI is InChI=1S/C18H16O4/c1-22-17-9-5-8-14(18(17)21)10-11-15(19)12-16(20)13-6-3-2-4-7-13/h2-11,21H,12H2,1H3/b11-10+. The molecule has 0 saturated heterocycles. The van der Waals surface area contributed by atoms with Gasteiger partial charge in [-0.3, -0.25) is 9.59 Å². The van der Waals surface area contributed by atoms with Gasteiger partial charge in [0.1, 0.15) is 0 Å². The third-order valence-electron chi connectivity index (χ3n) is 3.13. The molecule has 0 spiro atoms. The molecular formula is C18H16O4. The van der Waals surface area contributed by atoms with E-state index in [2.05, 4.69) is 0 Å². The van der Waals surface area contributed by atoms with E-state index in [9.17, 15) is 14.7 Å². The highest BCUT2D eigenvalue weighted by Gasteiger charge is 2.10. The van der Waals surface area contributed by atoms with Crippen LogP contribution in [0.4, 0.5) is 0 Å². The third-order valence-corrected chi connectivity index (χ3v) is 3.13. The molecule has 0 radical (unpaired) electrons. The normalized spacial score (nSPS) is 10.6. The first-order valence-corrected chi connectivity index (χ1v) is 6.77. The first-order chi connectivity index (χ1) is 10.6. The van der Waals surface area contributed by atoms with Crippen LogP contribution in [-0.2, 0) is 4.79 Å². The van der Waals surface area contributed by atoms with Gasteiger partial charge >= 0.3 is 0 Å².